The van der Waals surface area contributed by atoms with Gasteiger partial charge in [-0.2, -0.15) is 0 Å². The molecule has 0 spiro atoms. The number of nitrogens with zero attached hydrogens (tertiary/aromatic N) is 2. The summed E-state index contributed by atoms with van der Waals surface area (Å²) in [5, 5.41) is 10.7. The summed E-state index contributed by atoms with van der Waals surface area (Å²) in [6, 6.07) is 1.80. The summed E-state index contributed by atoms with van der Waals surface area (Å²) in [5.41, 5.74) is 1.79. The third-order valence-corrected chi connectivity index (χ3v) is 3.37. The molecule has 0 aromatic carbocycles. The summed E-state index contributed by atoms with van der Waals surface area (Å²) in [7, 11) is 0. The number of hydrogen-bond acceptors (Lipinski definition) is 4. The van der Waals surface area contributed by atoms with E-state index in [9.17, 15) is 9.90 Å². The molecule has 0 fully saturated rings. The molecule has 2 heterocycles. The van der Waals surface area contributed by atoms with E-state index in [4.69, 9.17) is 0 Å². The predicted molar refractivity (Wildman–Crippen MR) is 67.6 cm³/mol. The van der Waals surface area contributed by atoms with Crippen molar-refractivity contribution in [1.82, 2.24) is 9.97 Å². The van der Waals surface area contributed by atoms with E-state index in [1.165, 1.54) is 11.8 Å². The fraction of sp³-hybridized carbons (Fsp3) is 0.250. The third kappa shape index (κ3) is 2.10. The molecule has 0 aliphatic heterocycles. The Bertz CT molecular complexity index is 584. The molecule has 2 aromatic heterocycles. The number of pyridine rings is 2. The van der Waals surface area contributed by atoms with Crippen LogP contribution in [0.4, 0.5) is 0 Å². The number of rotatable bonds is 3. The summed E-state index contributed by atoms with van der Waals surface area (Å²) < 4.78 is 0. The fourth-order valence-corrected chi connectivity index (χ4v) is 2.57. The van der Waals surface area contributed by atoms with Crippen LogP contribution in [0.5, 0.6) is 0 Å². The number of carbonyl (C=O) groups is 1. The van der Waals surface area contributed by atoms with E-state index >= 15 is 0 Å². The lowest BCUT2D eigenvalue weighted by Crippen LogP contribution is -2.05. The van der Waals surface area contributed by atoms with Gasteiger partial charge >= 0.3 is 5.97 Å². The van der Waals surface area contributed by atoms with Crippen molar-refractivity contribution in [2.24, 2.45) is 0 Å². The maximum atomic E-state index is 11.3. The minimum absolute atomic E-state index is 0.301. The van der Waals surface area contributed by atoms with Crippen LogP contribution in [0.2, 0.25) is 0 Å². The number of aromatic nitrogens is 2. The molecular formula is C12H12N2O2S. The Hall–Kier alpha value is -1.62. The molecule has 1 N–H and O–H groups in total. The molecule has 0 bridgehead atoms. The SMILES string of the molecule is CCSc1nc2cnccc2c(C)c1C(=O)O. The van der Waals surface area contributed by atoms with Crippen LogP contribution in [0.3, 0.4) is 0 Å². The molecule has 0 saturated heterocycles. The normalized spacial score (nSPS) is 10.7. The van der Waals surface area contributed by atoms with Gasteiger partial charge in [-0.15, -0.1) is 11.8 Å². The first-order valence-electron chi connectivity index (χ1n) is 5.25. The molecule has 5 heteroatoms. The highest BCUT2D eigenvalue weighted by atomic mass is 32.2. The van der Waals surface area contributed by atoms with Crippen LogP contribution in [0.25, 0.3) is 10.9 Å². The van der Waals surface area contributed by atoms with Gasteiger partial charge in [0, 0.05) is 11.6 Å². The Labute approximate surface area is 103 Å². The topological polar surface area (TPSA) is 63.1 Å². The van der Waals surface area contributed by atoms with E-state index in [-0.39, 0.29) is 0 Å². The van der Waals surface area contributed by atoms with Crippen molar-refractivity contribution in [3.05, 3.63) is 29.6 Å². The van der Waals surface area contributed by atoms with Gasteiger partial charge in [0.1, 0.15) is 5.03 Å². The zero-order valence-electron chi connectivity index (χ0n) is 9.60. The quantitative estimate of drug-likeness (QED) is 0.846. The van der Waals surface area contributed by atoms with Crippen molar-refractivity contribution in [3.8, 4) is 0 Å². The van der Waals surface area contributed by atoms with Crippen molar-refractivity contribution >= 4 is 28.6 Å². The fourth-order valence-electron chi connectivity index (χ4n) is 1.75. The van der Waals surface area contributed by atoms with E-state index in [1.807, 2.05) is 13.8 Å². The molecule has 4 nitrogen and oxygen atoms in total. The van der Waals surface area contributed by atoms with Crippen molar-refractivity contribution in [2.75, 3.05) is 5.75 Å². The molecule has 0 amide bonds. The highest BCUT2D eigenvalue weighted by Crippen LogP contribution is 2.28. The zero-order chi connectivity index (χ0) is 12.4. The number of carboxylic acids is 1. The number of carboxylic acid groups (broad SMARTS) is 1. The summed E-state index contributed by atoms with van der Waals surface area (Å²) in [6.07, 6.45) is 3.31. The summed E-state index contributed by atoms with van der Waals surface area (Å²) in [4.78, 5) is 19.7. The number of aryl methyl sites for hydroxylation is 1. The zero-order valence-corrected chi connectivity index (χ0v) is 10.4. The molecule has 2 rings (SSSR count). The molecule has 88 valence electrons. The summed E-state index contributed by atoms with van der Waals surface area (Å²) in [5.74, 6) is -0.136. The van der Waals surface area contributed by atoms with Gasteiger partial charge < -0.3 is 5.11 Å². The van der Waals surface area contributed by atoms with E-state index in [2.05, 4.69) is 9.97 Å². The van der Waals surface area contributed by atoms with Gasteiger partial charge in [-0.05, 0) is 24.3 Å². The Morgan fingerprint density at radius 1 is 1.53 bits per heavy atom. The maximum Gasteiger partial charge on any atom is 0.338 e. The molecular weight excluding hydrogens is 236 g/mol. The second-order valence-electron chi connectivity index (χ2n) is 3.55. The van der Waals surface area contributed by atoms with Crippen LogP contribution in [0.1, 0.15) is 22.8 Å². The van der Waals surface area contributed by atoms with Gasteiger partial charge in [-0.3, -0.25) is 4.98 Å². The van der Waals surface area contributed by atoms with Gasteiger partial charge in [0.2, 0.25) is 0 Å². The van der Waals surface area contributed by atoms with E-state index in [0.717, 1.165) is 22.2 Å². The molecule has 17 heavy (non-hydrogen) atoms. The number of hydrogen-bond donors (Lipinski definition) is 1. The van der Waals surface area contributed by atoms with Crippen molar-refractivity contribution < 1.29 is 9.90 Å². The third-order valence-electron chi connectivity index (χ3n) is 2.51. The molecule has 0 aliphatic rings. The minimum Gasteiger partial charge on any atom is -0.478 e. The van der Waals surface area contributed by atoms with Crippen molar-refractivity contribution in [1.29, 1.82) is 0 Å². The van der Waals surface area contributed by atoms with Crippen LogP contribution in [0, 0.1) is 6.92 Å². The lowest BCUT2D eigenvalue weighted by atomic mass is 10.1. The molecule has 2 aromatic rings. The van der Waals surface area contributed by atoms with Gasteiger partial charge in [0.15, 0.2) is 0 Å². The van der Waals surface area contributed by atoms with Crippen LogP contribution >= 0.6 is 11.8 Å². The molecule has 0 saturated carbocycles. The van der Waals surface area contributed by atoms with E-state index < -0.39 is 5.97 Å². The largest absolute Gasteiger partial charge is 0.478 e. The van der Waals surface area contributed by atoms with Crippen LogP contribution in [0.15, 0.2) is 23.5 Å². The first kappa shape index (κ1) is 11.9. The summed E-state index contributed by atoms with van der Waals surface area (Å²) >= 11 is 1.44. The van der Waals surface area contributed by atoms with E-state index in [1.54, 1.807) is 18.5 Å². The average Bonchev–Trinajstić information content (AvgIpc) is 2.29. The van der Waals surface area contributed by atoms with Crippen LogP contribution < -0.4 is 0 Å². The van der Waals surface area contributed by atoms with Crippen molar-refractivity contribution in [3.63, 3.8) is 0 Å². The second kappa shape index (κ2) is 4.71. The molecule has 0 radical (unpaired) electrons. The lowest BCUT2D eigenvalue weighted by molar-refractivity contribution is 0.0691. The Kier molecular flexibility index (Phi) is 3.28. The predicted octanol–water partition coefficient (Wildman–Crippen LogP) is 2.75. The average molecular weight is 248 g/mol. The Morgan fingerprint density at radius 2 is 2.29 bits per heavy atom. The monoisotopic (exact) mass is 248 g/mol. The van der Waals surface area contributed by atoms with Crippen molar-refractivity contribution in [2.45, 2.75) is 18.9 Å². The van der Waals surface area contributed by atoms with Crippen LogP contribution in [-0.2, 0) is 0 Å². The maximum absolute atomic E-state index is 11.3. The van der Waals surface area contributed by atoms with Gasteiger partial charge in [0.25, 0.3) is 0 Å². The van der Waals surface area contributed by atoms with Gasteiger partial charge in [-0.25, -0.2) is 9.78 Å². The molecule has 0 unspecified atom stereocenters. The number of aromatic carboxylic acids is 1. The first-order valence-corrected chi connectivity index (χ1v) is 6.24. The molecule has 0 atom stereocenters. The highest BCUT2D eigenvalue weighted by molar-refractivity contribution is 7.99. The number of thioether (sulfide) groups is 1. The Balaban J connectivity index is 2.79. The van der Waals surface area contributed by atoms with Crippen LogP contribution in [-0.4, -0.2) is 26.8 Å². The smallest absolute Gasteiger partial charge is 0.338 e. The number of fused-ring (bicyclic) bond motifs is 1. The lowest BCUT2D eigenvalue weighted by Gasteiger charge is -2.10. The molecule has 0 aliphatic carbocycles. The second-order valence-corrected chi connectivity index (χ2v) is 4.80. The minimum atomic E-state index is -0.926. The first-order chi connectivity index (χ1) is 8.15. The van der Waals surface area contributed by atoms with Gasteiger partial charge in [0.05, 0.1) is 17.3 Å². The van der Waals surface area contributed by atoms with Gasteiger partial charge in [-0.1, -0.05) is 6.92 Å². The Morgan fingerprint density at radius 3 is 2.94 bits per heavy atom. The van der Waals surface area contributed by atoms with E-state index in [0.29, 0.717) is 10.6 Å². The summed E-state index contributed by atoms with van der Waals surface area (Å²) in [6.45, 7) is 3.79. The highest BCUT2D eigenvalue weighted by Gasteiger charge is 2.17. The standard InChI is InChI=1S/C12H12N2O2S/c1-3-17-11-10(12(15)16)7(2)8-4-5-13-6-9(8)14-11/h4-6H,3H2,1-2H3,(H,15,16).